The van der Waals surface area contributed by atoms with Gasteiger partial charge in [0.05, 0.1) is 0 Å². The van der Waals surface area contributed by atoms with E-state index in [1.54, 1.807) is 0 Å². The van der Waals surface area contributed by atoms with E-state index in [-0.39, 0.29) is 0 Å². The molecule has 1 aliphatic rings. The molecule has 0 aromatic carbocycles. The Labute approximate surface area is 88.7 Å². The summed E-state index contributed by atoms with van der Waals surface area (Å²) in [5.74, 6) is 0. The van der Waals surface area contributed by atoms with Crippen LogP contribution in [-0.4, -0.2) is 23.4 Å². The lowest BCUT2D eigenvalue weighted by atomic mass is 10.1. The molecule has 0 spiro atoms. The van der Waals surface area contributed by atoms with Crippen LogP contribution in [0.1, 0.15) is 52.4 Å². The molecule has 0 heterocycles. The Morgan fingerprint density at radius 2 is 1.14 bits per heavy atom. The Kier molecular flexibility index (Phi) is 21.2. The van der Waals surface area contributed by atoms with Crippen LogP contribution in [0.5, 0.6) is 0 Å². The molecule has 0 saturated carbocycles. The van der Waals surface area contributed by atoms with Crippen LogP contribution >= 0.6 is 0 Å². The molecule has 2 N–H and O–H groups in total. The molecule has 0 aromatic heterocycles. The predicted molar refractivity (Wildman–Crippen MR) is 62.4 cm³/mol. The highest BCUT2D eigenvalue weighted by Gasteiger charge is 1.87. The maximum atomic E-state index is 7.88. The van der Waals surface area contributed by atoms with E-state index in [0.29, 0.717) is 13.2 Å². The van der Waals surface area contributed by atoms with E-state index in [2.05, 4.69) is 12.2 Å². The molecule has 0 unspecified atom stereocenters. The molecule has 0 amide bonds. The topological polar surface area (TPSA) is 40.5 Å². The SMILES string of the molecule is C1=CCCCC1.CCCO.CCCO. The zero-order chi connectivity index (χ0) is 11.1. The van der Waals surface area contributed by atoms with Crippen LogP contribution < -0.4 is 0 Å². The second kappa shape index (κ2) is 18.4. The largest absolute Gasteiger partial charge is 0.396 e. The Morgan fingerprint density at radius 1 is 0.857 bits per heavy atom. The monoisotopic (exact) mass is 202 g/mol. The first kappa shape index (κ1) is 16.1. The van der Waals surface area contributed by atoms with Crippen molar-refractivity contribution in [2.45, 2.75) is 52.4 Å². The third-order valence-electron chi connectivity index (χ3n) is 1.61. The van der Waals surface area contributed by atoms with Gasteiger partial charge in [0.1, 0.15) is 0 Å². The van der Waals surface area contributed by atoms with Crippen molar-refractivity contribution >= 4 is 0 Å². The first-order chi connectivity index (χ1) is 6.83. The summed E-state index contributed by atoms with van der Waals surface area (Å²) in [5.41, 5.74) is 0. The van der Waals surface area contributed by atoms with E-state index >= 15 is 0 Å². The van der Waals surface area contributed by atoms with Crippen molar-refractivity contribution in [3.63, 3.8) is 0 Å². The maximum absolute atomic E-state index is 7.88. The van der Waals surface area contributed by atoms with Crippen molar-refractivity contribution in [2.75, 3.05) is 13.2 Å². The van der Waals surface area contributed by atoms with Gasteiger partial charge in [-0.05, 0) is 38.5 Å². The molecule has 0 atom stereocenters. The fourth-order valence-electron chi connectivity index (χ4n) is 0.760. The molecule has 2 heteroatoms. The fourth-order valence-corrected chi connectivity index (χ4v) is 0.760. The summed E-state index contributed by atoms with van der Waals surface area (Å²) in [6, 6.07) is 0. The average molecular weight is 202 g/mol. The van der Waals surface area contributed by atoms with Crippen molar-refractivity contribution in [3.8, 4) is 0 Å². The number of rotatable bonds is 2. The van der Waals surface area contributed by atoms with Gasteiger partial charge in [-0.2, -0.15) is 0 Å². The van der Waals surface area contributed by atoms with Crippen molar-refractivity contribution in [3.05, 3.63) is 12.2 Å². The average Bonchev–Trinajstić information content (AvgIpc) is 2.32. The molecule has 0 saturated heterocycles. The van der Waals surface area contributed by atoms with Crippen molar-refractivity contribution in [1.82, 2.24) is 0 Å². The van der Waals surface area contributed by atoms with Crippen LogP contribution in [-0.2, 0) is 0 Å². The molecule has 0 fully saturated rings. The van der Waals surface area contributed by atoms with Gasteiger partial charge in [0, 0.05) is 13.2 Å². The Morgan fingerprint density at radius 3 is 1.21 bits per heavy atom. The molecule has 1 aliphatic carbocycles. The molecule has 0 aromatic rings. The van der Waals surface area contributed by atoms with Crippen LogP contribution in [0.4, 0.5) is 0 Å². The summed E-state index contributed by atoms with van der Waals surface area (Å²) in [6.45, 7) is 4.50. The van der Waals surface area contributed by atoms with Gasteiger partial charge in [0.2, 0.25) is 0 Å². The highest BCUT2D eigenvalue weighted by atomic mass is 16.3. The molecule has 0 bridgehead atoms. The zero-order valence-corrected chi connectivity index (χ0v) is 9.71. The second-order valence-corrected chi connectivity index (χ2v) is 3.20. The summed E-state index contributed by atoms with van der Waals surface area (Å²) in [4.78, 5) is 0. The Bertz CT molecular complexity index is 84.5. The van der Waals surface area contributed by atoms with E-state index in [9.17, 15) is 0 Å². The van der Waals surface area contributed by atoms with Gasteiger partial charge in [-0.1, -0.05) is 26.0 Å². The summed E-state index contributed by atoms with van der Waals surface area (Å²) in [5, 5.41) is 15.8. The molecular weight excluding hydrogens is 176 g/mol. The smallest absolute Gasteiger partial charge is 0.0428 e. The lowest BCUT2D eigenvalue weighted by molar-refractivity contribution is 0.294. The molecule has 0 aliphatic heterocycles. The molecule has 1 rings (SSSR count). The van der Waals surface area contributed by atoms with Gasteiger partial charge in [-0.15, -0.1) is 0 Å². The normalized spacial score (nSPS) is 13.4. The zero-order valence-electron chi connectivity index (χ0n) is 9.71. The Hall–Kier alpha value is -0.340. The quantitative estimate of drug-likeness (QED) is 0.676. The van der Waals surface area contributed by atoms with Crippen LogP contribution in [0.3, 0.4) is 0 Å². The third-order valence-corrected chi connectivity index (χ3v) is 1.61. The highest BCUT2D eigenvalue weighted by Crippen LogP contribution is 2.07. The van der Waals surface area contributed by atoms with E-state index in [4.69, 9.17) is 10.2 Å². The van der Waals surface area contributed by atoms with Crippen LogP contribution in [0.2, 0.25) is 0 Å². The first-order valence-corrected chi connectivity index (χ1v) is 5.70. The minimum absolute atomic E-state index is 0.319. The van der Waals surface area contributed by atoms with E-state index < -0.39 is 0 Å². The van der Waals surface area contributed by atoms with E-state index in [1.165, 1.54) is 25.7 Å². The molecular formula is C12H26O2. The fraction of sp³-hybridized carbons (Fsp3) is 0.833. The van der Waals surface area contributed by atoms with E-state index in [1.807, 2.05) is 13.8 Å². The molecule has 14 heavy (non-hydrogen) atoms. The lowest BCUT2D eigenvalue weighted by Gasteiger charge is -1.97. The number of hydrogen-bond acceptors (Lipinski definition) is 2. The van der Waals surface area contributed by atoms with Crippen LogP contribution in [0.25, 0.3) is 0 Å². The van der Waals surface area contributed by atoms with Crippen molar-refractivity contribution < 1.29 is 10.2 Å². The van der Waals surface area contributed by atoms with Gasteiger partial charge >= 0.3 is 0 Å². The maximum Gasteiger partial charge on any atom is 0.0428 e. The summed E-state index contributed by atoms with van der Waals surface area (Å²) >= 11 is 0. The van der Waals surface area contributed by atoms with Gasteiger partial charge < -0.3 is 10.2 Å². The number of hydrogen-bond donors (Lipinski definition) is 2. The lowest BCUT2D eigenvalue weighted by Crippen LogP contribution is -1.77. The summed E-state index contributed by atoms with van der Waals surface area (Å²) < 4.78 is 0. The van der Waals surface area contributed by atoms with Gasteiger partial charge in [0.25, 0.3) is 0 Å². The van der Waals surface area contributed by atoms with Crippen molar-refractivity contribution in [1.29, 1.82) is 0 Å². The molecule has 2 nitrogen and oxygen atoms in total. The highest BCUT2D eigenvalue weighted by molar-refractivity contribution is 4.85. The van der Waals surface area contributed by atoms with Crippen LogP contribution in [0, 0.1) is 0 Å². The first-order valence-electron chi connectivity index (χ1n) is 5.70. The van der Waals surface area contributed by atoms with Crippen molar-refractivity contribution in [2.24, 2.45) is 0 Å². The minimum atomic E-state index is 0.319. The van der Waals surface area contributed by atoms with Gasteiger partial charge in [-0.3, -0.25) is 0 Å². The number of aliphatic hydroxyl groups excluding tert-OH is 2. The van der Waals surface area contributed by atoms with Crippen LogP contribution in [0.15, 0.2) is 12.2 Å². The standard InChI is InChI=1S/C6H10.2C3H8O/c1-2-4-6-5-3-1;2*1-2-3-4/h1-2H,3-6H2;2*4H,2-3H2,1H3. The summed E-state index contributed by atoms with van der Waals surface area (Å²) in [7, 11) is 0. The third kappa shape index (κ3) is 22.6. The van der Waals surface area contributed by atoms with Gasteiger partial charge in [-0.25, -0.2) is 0 Å². The molecule has 0 radical (unpaired) electrons. The van der Waals surface area contributed by atoms with Gasteiger partial charge in [0.15, 0.2) is 0 Å². The molecule has 86 valence electrons. The number of aliphatic hydroxyl groups is 2. The minimum Gasteiger partial charge on any atom is -0.396 e. The summed E-state index contributed by atoms with van der Waals surface area (Å²) in [6.07, 6.45) is 11.8. The number of allylic oxidation sites excluding steroid dienone is 2. The predicted octanol–water partition coefficient (Wildman–Crippen LogP) is 2.89. The van der Waals surface area contributed by atoms with E-state index in [0.717, 1.165) is 12.8 Å². The second-order valence-electron chi connectivity index (χ2n) is 3.20. The Balaban J connectivity index is 0.